The number of esters is 1. The van der Waals surface area contributed by atoms with Gasteiger partial charge < -0.3 is 23.7 Å². The summed E-state index contributed by atoms with van der Waals surface area (Å²) in [5.74, 6) is 1.68. The molecule has 0 fully saturated rings. The Kier molecular flexibility index (Phi) is 8.33. The average Bonchev–Trinajstić information content (AvgIpc) is 3.66. The van der Waals surface area contributed by atoms with Crippen LogP contribution in [0.15, 0.2) is 98.3 Å². The van der Waals surface area contributed by atoms with Gasteiger partial charge in [-0.3, -0.25) is 9.36 Å². The van der Waals surface area contributed by atoms with Crippen molar-refractivity contribution >= 4 is 50.1 Å². The predicted octanol–water partition coefficient (Wildman–Crippen LogP) is 6.03. The van der Waals surface area contributed by atoms with Crippen LogP contribution in [0, 0.1) is 0 Å². The monoisotopic (exact) mass is 712 g/mol. The molecule has 0 spiro atoms. The first-order valence-electron chi connectivity index (χ1n) is 14.9. The molecule has 2 aliphatic heterocycles. The van der Waals surface area contributed by atoms with Crippen LogP contribution in [0.25, 0.3) is 16.8 Å². The summed E-state index contributed by atoms with van der Waals surface area (Å²) in [6.45, 7) is 4.13. The van der Waals surface area contributed by atoms with E-state index in [0.717, 1.165) is 21.9 Å². The molecule has 0 saturated carbocycles. The highest BCUT2D eigenvalue weighted by atomic mass is 79.9. The van der Waals surface area contributed by atoms with Gasteiger partial charge >= 0.3 is 5.97 Å². The Morgan fingerprint density at radius 1 is 1.09 bits per heavy atom. The van der Waals surface area contributed by atoms with Crippen LogP contribution in [0.3, 0.4) is 0 Å². The largest absolute Gasteiger partial charge is 0.493 e. The lowest BCUT2D eigenvalue weighted by Crippen LogP contribution is -2.39. The molecule has 238 valence electrons. The zero-order chi connectivity index (χ0) is 32.7. The van der Waals surface area contributed by atoms with Crippen molar-refractivity contribution in [1.82, 2.24) is 4.57 Å². The van der Waals surface area contributed by atoms with Crippen molar-refractivity contribution < 1.29 is 28.5 Å². The molecular formula is C36H29BrN2O7S. The van der Waals surface area contributed by atoms with Crippen molar-refractivity contribution in [3.05, 3.63) is 125 Å². The third kappa shape index (κ3) is 5.70. The fourth-order valence-corrected chi connectivity index (χ4v) is 7.49. The van der Waals surface area contributed by atoms with Crippen molar-refractivity contribution in [2.75, 3.05) is 20.5 Å². The zero-order valence-corrected chi connectivity index (χ0v) is 28.1. The van der Waals surface area contributed by atoms with Crippen LogP contribution in [0.2, 0.25) is 0 Å². The molecule has 7 rings (SSSR count). The minimum absolute atomic E-state index is 0.104. The molecule has 0 amide bonds. The molecule has 9 nitrogen and oxygen atoms in total. The molecule has 2 aliphatic rings. The molecule has 11 heteroatoms. The van der Waals surface area contributed by atoms with E-state index in [1.807, 2.05) is 42.5 Å². The van der Waals surface area contributed by atoms with Gasteiger partial charge in [-0.15, -0.1) is 0 Å². The van der Waals surface area contributed by atoms with E-state index in [-0.39, 0.29) is 19.0 Å². The van der Waals surface area contributed by atoms with Crippen LogP contribution in [-0.2, 0) is 16.1 Å². The van der Waals surface area contributed by atoms with Crippen LogP contribution >= 0.6 is 27.3 Å². The standard InChI is InChI=1S/C36H29BrN2O7S/c1-4-43-35(41)31-20(2)38-36-39(32(31)23-12-13-27-28(17-23)46-19-45-27)34(40)30(47-36)16-21-14-26(37)33(29(15-21)42-3)44-18-24-10-7-9-22-8-5-6-11-25(22)24/h5-17,32H,4,18-19H2,1-3H3/b30-16+/t32-/m0/s1. The van der Waals surface area contributed by atoms with Gasteiger partial charge in [-0.2, -0.15) is 0 Å². The van der Waals surface area contributed by atoms with E-state index in [1.165, 1.54) is 11.3 Å². The zero-order valence-electron chi connectivity index (χ0n) is 25.7. The number of rotatable bonds is 8. The Bertz CT molecular complexity index is 2270. The highest BCUT2D eigenvalue weighted by Crippen LogP contribution is 2.39. The quantitative estimate of drug-likeness (QED) is 0.181. The Labute approximate surface area is 282 Å². The number of hydrogen-bond donors (Lipinski definition) is 0. The Balaban J connectivity index is 1.27. The number of carbonyl (C=O) groups is 1. The summed E-state index contributed by atoms with van der Waals surface area (Å²) in [5, 5.41) is 2.26. The number of nitrogens with zero attached hydrogens (tertiary/aromatic N) is 2. The van der Waals surface area contributed by atoms with Gasteiger partial charge in [-0.25, -0.2) is 9.79 Å². The average molecular weight is 714 g/mol. The summed E-state index contributed by atoms with van der Waals surface area (Å²) in [6.07, 6.45) is 1.78. The van der Waals surface area contributed by atoms with Gasteiger partial charge in [0.05, 0.1) is 40.0 Å². The lowest BCUT2D eigenvalue weighted by atomic mass is 9.95. The number of thiazole rings is 1. The maximum atomic E-state index is 14.1. The second-order valence-corrected chi connectivity index (χ2v) is 12.7. The maximum absolute atomic E-state index is 14.1. The second-order valence-electron chi connectivity index (χ2n) is 10.9. The number of aromatic nitrogens is 1. The molecule has 0 aliphatic carbocycles. The minimum atomic E-state index is -0.770. The molecule has 1 aromatic heterocycles. The summed E-state index contributed by atoms with van der Waals surface area (Å²) in [6, 6.07) is 22.6. The summed E-state index contributed by atoms with van der Waals surface area (Å²) >= 11 is 4.90. The number of fused-ring (bicyclic) bond motifs is 3. The third-order valence-electron chi connectivity index (χ3n) is 8.03. The van der Waals surface area contributed by atoms with Gasteiger partial charge in [-0.05, 0) is 87.6 Å². The number of methoxy groups -OCH3 is 1. The topological polar surface area (TPSA) is 97.6 Å². The molecule has 0 unspecified atom stereocenters. The molecule has 0 saturated heterocycles. The van der Waals surface area contributed by atoms with Crippen molar-refractivity contribution in [1.29, 1.82) is 0 Å². The first-order chi connectivity index (χ1) is 22.9. The molecule has 5 aromatic rings. The highest BCUT2D eigenvalue weighted by Gasteiger charge is 2.34. The Morgan fingerprint density at radius 3 is 2.72 bits per heavy atom. The van der Waals surface area contributed by atoms with Crippen LogP contribution in [-0.4, -0.2) is 31.0 Å². The van der Waals surface area contributed by atoms with Crippen molar-refractivity contribution in [2.24, 2.45) is 4.99 Å². The Hall–Kier alpha value is -4.87. The molecule has 0 N–H and O–H groups in total. The van der Waals surface area contributed by atoms with Crippen LogP contribution in [0.4, 0.5) is 0 Å². The van der Waals surface area contributed by atoms with Crippen molar-refractivity contribution in [3.8, 4) is 23.0 Å². The smallest absolute Gasteiger partial charge is 0.338 e. The summed E-state index contributed by atoms with van der Waals surface area (Å²) < 4.78 is 31.2. The lowest BCUT2D eigenvalue weighted by Gasteiger charge is -2.24. The van der Waals surface area contributed by atoms with Crippen molar-refractivity contribution in [3.63, 3.8) is 0 Å². The van der Waals surface area contributed by atoms with Gasteiger partial charge in [0.15, 0.2) is 27.8 Å². The summed E-state index contributed by atoms with van der Waals surface area (Å²) in [4.78, 5) is 32.5. The van der Waals surface area contributed by atoms with Gasteiger partial charge in [0, 0.05) is 0 Å². The van der Waals surface area contributed by atoms with E-state index in [0.29, 0.717) is 60.2 Å². The van der Waals surface area contributed by atoms with E-state index in [1.54, 1.807) is 43.7 Å². The molecule has 0 bridgehead atoms. The molecule has 47 heavy (non-hydrogen) atoms. The third-order valence-corrected chi connectivity index (χ3v) is 9.60. The van der Waals surface area contributed by atoms with E-state index < -0.39 is 12.0 Å². The van der Waals surface area contributed by atoms with E-state index in [9.17, 15) is 9.59 Å². The molecular weight excluding hydrogens is 684 g/mol. The molecule has 0 radical (unpaired) electrons. The normalized spacial score (nSPS) is 15.4. The van der Waals surface area contributed by atoms with Gasteiger partial charge in [0.25, 0.3) is 5.56 Å². The first kappa shape index (κ1) is 30.8. The maximum Gasteiger partial charge on any atom is 0.338 e. The van der Waals surface area contributed by atoms with E-state index >= 15 is 0 Å². The number of hydrogen-bond acceptors (Lipinski definition) is 9. The predicted molar refractivity (Wildman–Crippen MR) is 182 cm³/mol. The second kappa shape index (κ2) is 12.7. The highest BCUT2D eigenvalue weighted by molar-refractivity contribution is 9.10. The number of allylic oxidation sites excluding steroid dienone is 1. The van der Waals surface area contributed by atoms with E-state index in [4.69, 9.17) is 23.7 Å². The fourth-order valence-electron chi connectivity index (χ4n) is 5.87. The molecule has 1 atom stereocenters. The Morgan fingerprint density at radius 2 is 1.89 bits per heavy atom. The number of ether oxygens (including phenoxy) is 5. The van der Waals surface area contributed by atoms with Crippen LogP contribution in [0.1, 0.15) is 36.6 Å². The summed E-state index contributed by atoms with van der Waals surface area (Å²) in [5.41, 5.74) is 2.93. The lowest BCUT2D eigenvalue weighted by molar-refractivity contribution is -0.139. The van der Waals surface area contributed by atoms with Gasteiger partial charge in [-0.1, -0.05) is 59.9 Å². The van der Waals surface area contributed by atoms with Crippen molar-refractivity contribution in [2.45, 2.75) is 26.5 Å². The van der Waals surface area contributed by atoms with Gasteiger partial charge in [0.1, 0.15) is 6.61 Å². The fraction of sp³-hybridized carbons (Fsp3) is 0.194. The molecule has 3 heterocycles. The summed E-state index contributed by atoms with van der Waals surface area (Å²) in [7, 11) is 1.58. The first-order valence-corrected chi connectivity index (χ1v) is 16.5. The number of carbonyl (C=O) groups excluding carboxylic acids is 1. The van der Waals surface area contributed by atoms with Crippen LogP contribution < -0.4 is 33.8 Å². The SMILES string of the molecule is CCOC(=O)C1=C(C)N=c2s/c(=C/c3cc(Br)c(OCc4cccc5ccccc45)c(OC)c3)c(=O)n2[C@H]1c1ccc2c(c1)OCO2. The van der Waals surface area contributed by atoms with Gasteiger partial charge in [0.2, 0.25) is 6.79 Å². The number of halogens is 1. The van der Waals surface area contributed by atoms with E-state index in [2.05, 4.69) is 39.1 Å². The minimum Gasteiger partial charge on any atom is -0.493 e. The number of benzene rings is 4. The van der Waals surface area contributed by atoms with Crippen LogP contribution in [0.5, 0.6) is 23.0 Å². The molecule has 4 aromatic carbocycles.